The largest absolute Gasteiger partial charge is 0.477 e. The van der Waals surface area contributed by atoms with E-state index in [0.717, 1.165) is 0 Å². The van der Waals surface area contributed by atoms with E-state index in [-0.39, 0.29) is 17.1 Å². The van der Waals surface area contributed by atoms with Crippen LogP contribution < -0.4 is 10.2 Å². The fraction of sp³-hybridized carbons (Fsp3) is 0.0667. The molecule has 0 bridgehead atoms. The molecule has 2 aromatic rings. The number of nitro groups is 2. The first kappa shape index (κ1) is 17.5. The standard InChI is InChI=1S/C15H12N4O6/c20-15(10-25-14-7-2-1-6-13(14)19(23)24)17-16-9-11-4-3-5-12(8-11)18(21)22/h1-9H,10H2,(H,17,20). The predicted octanol–water partition coefficient (Wildman–Crippen LogP) is 2.03. The predicted molar refractivity (Wildman–Crippen MR) is 87.4 cm³/mol. The third kappa shape index (κ3) is 5.10. The first-order valence-corrected chi connectivity index (χ1v) is 6.90. The van der Waals surface area contributed by atoms with E-state index in [0.29, 0.717) is 5.56 Å². The number of nitrogens with zero attached hydrogens (tertiary/aromatic N) is 3. The van der Waals surface area contributed by atoms with Crippen molar-refractivity contribution in [3.05, 3.63) is 74.3 Å². The van der Waals surface area contributed by atoms with E-state index < -0.39 is 22.4 Å². The second-order valence-corrected chi connectivity index (χ2v) is 4.66. The number of rotatable bonds is 7. The van der Waals surface area contributed by atoms with Gasteiger partial charge in [0.2, 0.25) is 0 Å². The fourth-order valence-electron chi connectivity index (χ4n) is 1.80. The molecule has 0 heterocycles. The molecule has 10 heteroatoms. The summed E-state index contributed by atoms with van der Waals surface area (Å²) in [7, 11) is 0. The molecule has 0 fully saturated rings. The molecular weight excluding hydrogens is 332 g/mol. The molecule has 0 aliphatic carbocycles. The zero-order valence-corrected chi connectivity index (χ0v) is 12.7. The van der Waals surface area contributed by atoms with Gasteiger partial charge in [0.1, 0.15) is 0 Å². The van der Waals surface area contributed by atoms with Crippen LogP contribution in [0.3, 0.4) is 0 Å². The number of hydrazone groups is 1. The highest BCUT2D eigenvalue weighted by Crippen LogP contribution is 2.25. The summed E-state index contributed by atoms with van der Waals surface area (Å²) in [5.41, 5.74) is 2.23. The van der Waals surface area contributed by atoms with Crippen molar-refractivity contribution in [1.29, 1.82) is 0 Å². The monoisotopic (exact) mass is 344 g/mol. The highest BCUT2D eigenvalue weighted by molar-refractivity contribution is 5.83. The molecule has 0 aliphatic rings. The number of amides is 1. The average Bonchev–Trinajstić information content (AvgIpc) is 2.60. The van der Waals surface area contributed by atoms with Gasteiger partial charge in [-0.3, -0.25) is 25.0 Å². The summed E-state index contributed by atoms with van der Waals surface area (Å²) in [6.45, 7) is -0.475. The van der Waals surface area contributed by atoms with Gasteiger partial charge in [0.05, 0.1) is 16.1 Å². The minimum absolute atomic E-state index is 0.0367. The van der Waals surface area contributed by atoms with E-state index >= 15 is 0 Å². The van der Waals surface area contributed by atoms with Crippen molar-refractivity contribution >= 4 is 23.5 Å². The van der Waals surface area contributed by atoms with E-state index in [1.807, 2.05) is 0 Å². The van der Waals surface area contributed by atoms with Crippen LogP contribution in [0.1, 0.15) is 5.56 Å². The molecule has 0 radical (unpaired) electrons. The molecule has 0 aromatic heterocycles. The van der Waals surface area contributed by atoms with Gasteiger partial charge >= 0.3 is 5.69 Å². The van der Waals surface area contributed by atoms with Crippen molar-refractivity contribution < 1.29 is 19.4 Å². The zero-order valence-electron chi connectivity index (χ0n) is 12.7. The topological polar surface area (TPSA) is 137 Å². The van der Waals surface area contributed by atoms with E-state index in [1.165, 1.54) is 42.6 Å². The maximum absolute atomic E-state index is 11.6. The number of nitrogens with one attached hydrogen (secondary N) is 1. The van der Waals surface area contributed by atoms with Crippen LogP contribution >= 0.6 is 0 Å². The number of carbonyl (C=O) groups is 1. The summed E-state index contributed by atoms with van der Waals surface area (Å²) in [6, 6.07) is 11.3. The number of carbonyl (C=O) groups excluding carboxylic acids is 1. The lowest BCUT2D eigenvalue weighted by Gasteiger charge is -2.05. The first-order valence-electron chi connectivity index (χ1n) is 6.90. The average molecular weight is 344 g/mol. The lowest BCUT2D eigenvalue weighted by atomic mass is 10.2. The van der Waals surface area contributed by atoms with Gasteiger partial charge in [0, 0.05) is 23.8 Å². The maximum atomic E-state index is 11.6. The van der Waals surface area contributed by atoms with Crippen molar-refractivity contribution in [3.8, 4) is 5.75 Å². The Bertz CT molecular complexity index is 836. The summed E-state index contributed by atoms with van der Waals surface area (Å²) in [6.07, 6.45) is 1.23. The first-order chi connectivity index (χ1) is 12.0. The second kappa shape index (κ2) is 8.15. The third-order valence-corrected chi connectivity index (χ3v) is 2.90. The van der Waals surface area contributed by atoms with Gasteiger partial charge in [-0.25, -0.2) is 5.43 Å². The van der Waals surface area contributed by atoms with Crippen LogP contribution in [0.15, 0.2) is 53.6 Å². The van der Waals surface area contributed by atoms with E-state index in [9.17, 15) is 25.0 Å². The summed E-state index contributed by atoms with van der Waals surface area (Å²) in [5, 5.41) is 25.1. The molecule has 0 unspecified atom stereocenters. The molecule has 2 aromatic carbocycles. The van der Waals surface area contributed by atoms with Gasteiger partial charge < -0.3 is 4.74 Å². The maximum Gasteiger partial charge on any atom is 0.310 e. The van der Waals surface area contributed by atoms with Crippen molar-refractivity contribution in [2.45, 2.75) is 0 Å². The summed E-state index contributed by atoms with van der Waals surface area (Å²) in [4.78, 5) is 32.0. The molecule has 0 spiro atoms. The number of hydrogen-bond acceptors (Lipinski definition) is 7. The quantitative estimate of drug-likeness (QED) is 0.463. The Morgan fingerprint density at radius 3 is 2.60 bits per heavy atom. The van der Waals surface area contributed by atoms with Crippen molar-refractivity contribution in [2.24, 2.45) is 5.10 Å². The van der Waals surface area contributed by atoms with E-state index in [4.69, 9.17) is 4.74 Å². The Morgan fingerprint density at radius 2 is 1.88 bits per heavy atom. The van der Waals surface area contributed by atoms with E-state index in [1.54, 1.807) is 12.1 Å². The highest BCUT2D eigenvalue weighted by Gasteiger charge is 2.14. The lowest BCUT2D eigenvalue weighted by Crippen LogP contribution is -2.24. The Labute approximate surface area is 141 Å². The Hall–Kier alpha value is -3.82. The van der Waals surface area contributed by atoms with Gasteiger partial charge in [0.15, 0.2) is 12.4 Å². The van der Waals surface area contributed by atoms with Crippen LogP contribution in [0.25, 0.3) is 0 Å². The molecule has 10 nitrogen and oxygen atoms in total. The van der Waals surface area contributed by atoms with Crippen LogP contribution in [0, 0.1) is 20.2 Å². The highest BCUT2D eigenvalue weighted by atomic mass is 16.6. The number of ether oxygens (including phenoxy) is 1. The van der Waals surface area contributed by atoms with Gasteiger partial charge in [0.25, 0.3) is 11.6 Å². The number of para-hydroxylation sites is 2. The molecule has 0 saturated carbocycles. The molecule has 0 saturated heterocycles. The van der Waals surface area contributed by atoms with Crippen molar-refractivity contribution in [3.63, 3.8) is 0 Å². The van der Waals surface area contributed by atoms with Gasteiger partial charge in [-0.15, -0.1) is 0 Å². The Balaban J connectivity index is 1.90. The van der Waals surface area contributed by atoms with Crippen molar-refractivity contribution in [1.82, 2.24) is 5.43 Å². The summed E-state index contributed by atoms with van der Waals surface area (Å²) >= 11 is 0. The smallest absolute Gasteiger partial charge is 0.310 e. The second-order valence-electron chi connectivity index (χ2n) is 4.66. The van der Waals surface area contributed by atoms with Crippen LogP contribution in [0.2, 0.25) is 0 Å². The van der Waals surface area contributed by atoms with Crippen LogP contribution in [-0.4, -0.2) is 28.6 Å². The molecule has 0 atom stereocenters. The number of hydrogen-bond donors (Lipinski definition) is 1. The fourth-order valence-corrected chi connectivity index (χ4v) is 1.80. The number of benzene rings is 2. The minimum atomic E-state index is -0.639. The molecule has 1 amide bonds. The lowest BCUT2D eigenvalue weighted by molar-refractivity contribution is -0.385. The molecular formula is C15H12N4O6. The van der Waals surface area contributed by atoms with Crippen LogP contribution in [-0.2, 0) is 4.79 Å². The molecule has 2 rings (SSSR count). The number of non-ortho nitro benzene ring substituents is 1. The van der Waals surface area contributed by atoms with Gasteiger partial charge in [-0.05, 0) is 6.07 Å². The molecule has 0 aliphatic heterocycles. The normalized spacial score (nSPS) is 10.4. The number of nitro benzene ring substituents is 2. The molecule has 128 valence electrons. The van der Waals surface area contributed by atoms with E-state index in [2.05, 4.69) is 10.5 Å². The van der Waals surface area contributed by atoms with Crippen LogP contribution in [0.4, 0.5) is 11.4 Å². The van der Waals surface area contributed by atoms with Crippen molar-refractivity contribution in [2.75, 3.05) is 6.61 Å². The van der Waals surface area contributed by atoms with Gasteiger partial charge in [-0.1, -0.05) is 24.3 Å². The van der Waals surface area contributed by atoms with Crippen LogP contribution in [0.5, 0.6) is 5.75 Å². The summed E-state index contributed by atoms with van der Waals surface area (Å²) in [5.74, 6) is -0.676. The minimum Gasteiger partial charge on any atom is -0.477 e. The molecule has 25 heavy (non-hydrogen) atoms. The van der Waals surface area contributed by atoms with Gasteiger partial charge in [-0.2, -0.15) is 5.10 Å². The SMILES string of the molecule is O=C(COc1ccccc1[N+](=O)[O-])NN=Cc1cccc([N+](=O)[O-])c1. The molecule has 1 N–H and O–H groups in total. The Morgan fingerprint density at radius 1 is 1.12 bits per heavy atom. The Kier molecular flexibility index (Phi) is 5.72. The summed E-state index contributed by atoms with van der Waals surface area (Å²) < 4.78 is 5.10. The third-order valence-electron chi connectivity index (χ3n) is 2.90. The zero-order chi connectivity index (χ0) is 18.2.